The van der Waals surface area contributed by atoms with Crippen LogP contribution in [0.3, 0.4) is 0 Å². The standard InChI is InChI=1S/C13H28N2O/c1-5-15-9-6-12(7-10-15)14(4)11-8-13(2,3)16/h12,16H,5-11H2,1-4H3. The van der Waals surface area contributed by atoms with E-state index in [1.54, 1.807) is 0 Å². The van der Waals surface area contributed by atoms with Gasteiger partial charge in [0, 0.05) is 12.6 Å². The summed E-state index contributed by atoms with van der Waals surface area (Å²) in [6, 6.07) is 0.713. The Bertz CT molecular complexity index is 193. The fourth-order valence-electron chi connectivity index (χ4n) is 2.31. The van der Waals surface area contributed by atoms with Gasteiger partial charge in [0.05, 0.1) is 5.60 Å². The summed E-state index contributed by atoms with van der Waals surface area (Å²) in [7, 11) is 2.19. The lowest BCUT2D eigenvalue weighted by atomic mass is 10.0. The highest BCUT2D eigenvalue weighted by Gasteiger charge is 2.22. The molecule has 3 heteroatoms. The maximum absolute atomic E-state index is 9.71. The van der Waals surface area contributed by atoms with Gasteiger partial charge in [-0.05, 0) is 59.8 Å². The molecule has 16 heavy (non-hydrogen) atoms. The second-order valence-corrected chi connectivity index (χ2v) is 5.71. The molecule has 0 atom stereocenters. The van der Waals surface area contributed by atoms with E-state index in [9.17, 15) is 5.11 Å². The summed E-state index contributed by atoms with van der Waals surface area (Å²) in [6.45, 7) is 10.7. The number of rotatable bonds is 5. The van der Waals surface area contributed by atoms with Gasteiger partial charge in [0.15, 0.2) is 0 Å². The van der Waals surface area contributed by atoms with Crippen molar-refractivity contribution in [1.29, 1.82) is 0 Å². The molecular formula is C13H28N2O. The number of aliphatic hydroxyl groups is 1. The zero-order chi connectivity index (χ0) is 12.2. The molecule has 1 N–H and O–H groups in total. The van der Waals surface area contributed by atoms with Crippen LogP contribution in [0.1, 0.15) is 40.0 Å². The van der Waals surface area contributed by atoms with Gasteiger partial charge in [-0.3, -0.25) is 0 Å². The van der Waals surface area contributed by atoms with Crippen molar-refractivity contribution in [2.45, 2.75) is 51.7 Å². The first-order valence-electron chi connectivity index (χ1n) is 6.57. The van der Waals surface area contributed by atoms with Crippen molar-refractivity contribution < 1.29 is 5.11 Å². The number of likely N-dealkylation sites (tertiary alicyclic amines) is 1. The fraction of sp³-hybridized carbons (Fsp3) is 1.00. The van der Waals surface area contributed by atoms with Gasteiger partial charge in [0.1, 0.15) is 0 Å². The average molecular weight is 228 g/mol. The van der Waals surface area contributed by atoms with Gasteiger partial charge in [-0.2, -0.15) is 0 Å². The maximum atomic E-state index is 9.71. The quantitative estimate of drug-likeness (QED) is 0.773. The number of hydrogen-bond donors (Lipinski definition) is 1. The van der Waals surface area contributed by atoms with Crippen LogP contribution in [0.25, 0.3) is 0 Å². The molecule has 0 radical (unpaired) electrons. The van der Waals surface area contributed by atoms with Crippen molar-refractivity contribution in [1.82, 2.24) is 9.80 Å². The lowest BCUT2D eigenvalue weighted by molar-refractivity contribution is 0.0485. The van der Waals surface area contributed by atoms with E-state index >= 15 is 0 Å². The monoisotopic (exact) mass is 228 g/mol. The van der Waals surface area contributed by atoms with E-state index in [0.29, 0.717) is 6.04 Å². The van der Waals surface area contributed by atoms with Gasteiger partial charge in [0.2, 0.25) is 0 Å². The Morgan fingerprint density at radius 1 is 1.31 bits per heavy atom. The third-order valence-electron chi connectivity index (χ3n) is 3.70. The molecule has 1 rings (SSSR count). The van der Waals surface area contributed by atoms with E-state index in [2.05, 4.69) is 23.8 Å². The second kappa shape index (κ2) is 5.99. The molecule has 0 saturated carbocycles. The average Bonchev–Trinajstić information content (AvgIpc) is 2.25. The van der Waals surface area contributed by atoms with Crippen LogP contribution in [0.15, 0.2) is 0 Å². The summed E-state index contributed by atoms with van der Waals surface area (Å²) < 4.78 is 0. The van der Waals surface area contributed by atoms with Crippen LogP contribution in [0.2, 0.25) is 0 Å². The van der Waals surface area contributed by atoms with Crippen molar-refractivity contribution in [3.05, 3.63) is 0 Å². The predicted molar refractivity (Wildman–Crippen MR) is 68.7 cm³/mol. The molecule has 3 nitrogen and oxygen atoms in total. The molecule has 0 bridgehead atoms. The van der Waals surface area contributed by atoms with Crippen LogP contribution < -0.4 is 0 Å². The molecule has 1 fully saturated rings. The zero-order valence-corrected chi connectivity index (χ0v) is 11.4. The highest BCUT2D eigenvalue weighted by atomic mass is 16.3. The summed E-state index contributed by atoms with van der Waals surface area (Å²) in [5.41, 5.74) is -0.529. The summed E-state index contributed by atoms with van der Waals surface area (Å²) in [5.74, 6) is 0. The Morgan fingerprint density at radius 3 is 2.31 bits per heavy atom. The van der Waals surface area contributed by atoms with E-state index < -0.39 is 5.60 Å². The third kappa shape index (κ3) is 4.81. The smallest absolute Gasteiger partial charge is 0.0603 e. The van der Waals surface area contributed by atoms with Gasteiger partial charge >= 0.3 is 0 Å². The van der Waals surface area contributed by atoms with Crippen LogP contribution in [0, 0.1) is 0 Å². The van der Waals surface area contributed by atoms with E-state index in [1.807, 2.05) is 13.8 Å². The topological polar surface area (TPSA) is 26.7 Å². The first-order chi connectivity index (χ1) is 7.42. The van der Waals surface area contributed by atoms with Gasteiger partial charge in [-0.25, -0.2) is 0 Å². The first-order valence-corrected chi connectivity index (χ1v) is 6.57. The number of piperidine rings is 1. The molecule has 0 aromatic carbocycles. The van der Waals surface area contributed by atoms with Crippen LogP contribution in [0.5, 0.6) is 0 Å². The first kappa shape index (κ1) is 13.9. The van der Waals surface area contributed by atoms with E-state index in [1.165, 1.54) is 32.5 Å². The van der Waals surface area contributed by atoms with Crippen molar-refractivity contribution in [2.75, 3.05) is 33.2 Å². The van der Waals surface area contributed by atoms with E-state index in [4.69, 9.17) is 0 Å². The minimum atomic E-state index is -0.529. The fourth-order valence-corrected chi connectivity index (χ4v) is 2.31. The Hall–Kier alpha value is -0.120. The minimum Gasteiger partial charge on any atom is -0.390 e. The normalized spacial score (nSPS) is 20.6. The number of nitrogens with zero attached hydrogens (tertiary/aromatic N) is 2. The summed E-state index contributed by atoms with van der Waals surface area (Å²) in [6.07, 6.45) is 3.41. The van der Waals surface area contributed by atoms with E-state index in [0.717, 1.165) is 13.0 Å². The van der Waals surface area contributed by atoms with Gasteiger partial charge in [-0.1, -0.05) is 6.92 Å². The van der Waals surface area contributed by atoms with Crippen LogP contribution >= 0.6 is 0 Å². The van der Waals surface area contributed by atoms with Crippen molar-refractivity contribution >= 4 is 0 Å². The molecule has 0 aromatic heterocycles. The van der Waals surface area contributed by atoms with Gasteiger partial charge < -0.3 is 14.9 Å². The van der Waals surface area contributed by atoms with Crippen LogP contribution in [-0.2, 0) is 0 Å². The molecular weight excluding hydrogens is 200 g/mol. The molecule has 0 unspecified atom stereocenters. The Kier molecular flexibility index (Phi) is 5.22. The lowest BCUT2D eigenvalue weighted by Crippen LogP contribution is -2.44. The van der Waals surface area contributed by atoms with Crippen molar-refractivity contribution in [2.24, 2.45) is 0 Å². The second-order valence-electron chi connectivity index (χ2n) is 5.71. The Morgan fingerprint density at radius 2 is 1.88 bits per heavy atom. The molecule has 0 amide bonds. The predicted octanol–water partition coefficient (Wildman–Crippen LogP) is 1.56. The zero-order valence-electron chi connectivity index (χ0n) is 11.4. The highest BCUT2D eigenvalue weighted by Crippen LogP contribution is 2.17. The van der Waals surface area contributed by atoms with Gasteiger partial charge in [0.25, 0.3) is 0 Å². The highest BCUT2D eigenvalue weighted by molar-refractivity contribution is 4.79. The third-order valence-corrected chi connectivity index (χ3v) is 3.70. The maximum Gasteiger partial charge on any atom is 0.0603 e. The SMILES string of the molecule is CCN1CCC(N(C)CCC(C)(C)O)CC1. The minimum absolute atomic E-state index is 0.529. The number of hydrogen-bond acceptors (Lipinski definition) is 3. The molecule has 1 saturated heterocycles. The summed E-state index contributed by atoms with van der Waals surface area (Å²) >= 11 is 0. The van der Waals surface area contributed by atoms with Crippen LogP contribution in [-0.4, -0.2) is 59.8 Å². The van der Waals surface area contributed by atoms with Crippen LogP contribution in [0.4, 0.5) is 0 Å². The summed E-state index contributed by atoms with van der Waals surface area (Å²) in [4.78, 5) is 4.94. The molecule has 0 spiro atoms. The Labute approximate surface area is 100 Å². The van der Waals surface area contributed by atoms with Gasteiger partial charge in [-0.15, -0.1) is 0 Å². The lowest BCUT2D eigenvalue weighted by Gasteiger charge is -2.37. The molecule has 0 aromatic rings. The van der Waals surface area contributed by atoms with Crippen molar-refractivity contribution in [3.8, 4) is 0 Å². The van der Waals surface area contributed by atoms with Crippen molar-refractivity contribution in [3.63, 3.8) is 0 Å². The largest absolute Gasteiger partial charge is 0.390 e. The molecule has 1 aliphatic heterocycles. The summed E-state index contributed by atoms with van der Waals surface area (Å²) in [5, 5.41) is 9.71. The molecule has 96 valence electrons. The molecule has 1 heterocycles. The van der Waals surface area contributed by atoms with E-state index in [-0.39, 0.29) is 0 Å². The molecule has 1 aliphatic rings. The molecule has 0 aliphatic carbocycles. The Balaban J connectivity index is 2.25.